The minimum Gasteiger partial charge on any atom is -0.347 e. The largest absolute Gasteiger partial charge is 0.347 e. The second-order valence-corrected chi connectivity index (χ2v) is 7.56. The zero-order valence-corrected chi connectivity index (χ0v) is 17.0. The lowest BCUT2D eigenvalue weighted by molar-refractivity contribution is -0.127. The average Bonchev–Trinajstić information content (AvgIpc) is 3.23. The lowest BCUT2D eigenvalue weighted by atomic mass is 9.93. The predicted octanol–water partition coefficient (Wildman–Crippen LogP) is 2.00. The predicted molar refractivity (Wildman–Crippen MR) is 111 cm³/mol. The number of aromatic nitrogens is 2. The molecule has 7 nitrogen and oxygen atoms in total. The number of piperidine rings is 1. The molecule has 7 heteroatoms. The van der Waals surface area contributed by atoms with Crippen LogP contribution in [0.1, 0.15) is 24.9 Å². The summed E-state index contributed by atoms with van der Waals surface area (Å²) < 4.78 is 2.18. The summed E-state index contributed by atoms with van der Waals surface area (Å²) >= 11 is 0. The molecule has 1 aliphatic heterocycles. The number of benzene rings is 1. The van der Waals surface area contributed by atoms with E-state index in [9.17, 15) is 4.79 Å². The van der Waals surface area contributed by atoms with Gasteiger partial charge >= 0.3 is 0 Å². The number of nitrogens with zero attached hydrogens (tertiary/aromatic N) is 5. The summed E-state index contributed by atoms with van der Waals surface area (Å²) in [7, 11) is 3.53. The van der Waals surface area contributed by atoms with E-state index in [4.69, 9.17) is 4.99 Å². The second-order valence-electron chi connectivity index (χ2n) is 7.56. The molecule has 2 aromatic rings. The molecule has 1 aliphatic rings. The quantitative estimate of drug-likeness (QED) is 0.635. The highest BCUT2D eigenvalue weighted by Crippen LogP contribution is 2.27. The number of hydrogen-bond donors (Lipinski definition) is 1. The van der Waals surface area contributed by atoms with Crippen molar-refractivity contribution in [1.82, 2.24) is 24.7 Å². The number of guanidine groups is 1. The van der Waals surface area contributed by atoms with Crippen molar-refractivity contribution in [3.63, 3.8) is 0 Å². The molecule has 1 amide bonds. The Morgan fingerprint density at radius 3 is 2.79 bits per heavy atom. The van der Waals surface area contributed by atoms with Crippen LogP contribution in [0.2, 0.25) is 0 Å². The van der Waals surface area contributed by atoms with Gasteiger partial charge in [-0.1, -0.05) is 37.3 Å². The minimum absolute atomic E-state index is 0.0314. The molecule has 3 rings (SSSR count). The van der Waals surface area contributed by atoms with E-state index in [1.807, 2.05) is 36.9 Å². The van der Waals surface area contributed by atoms with Crippen LogP contribution in [0.4, 0.5) is 0 Å². The molecule has 0 spiro atoms. The van der Waals surface area contributed by atoms with E-state index in [0.717, 1.165) is 31.0 Å². The Balaban J connectivity index is 1.75. The summed E-state index contributed by atoms with van der Waals surface area (Å²) in [5.74, 6) is 1.38. The molecule has 0 radical (unpaired) electrons. The van der Waals surface area contributed by atoms with Crippen molar-refractivity contribution in [2.24, 2.45) is 10.9 Å². The van der Waals surface area contributed by atoms with Crippen LogP contribution in [0.15, 0.2) is 54.0 Å². The maximum Gasteiger partial charge on any atom is 0.241 e. The van der Waals surface area contributed by atoms with E-state index < -0.39 is 0 Å². The number of carbonyl (C=O) groups excluding carboxylic acids is 1. The number of aliphatic imine (C=N–C) groups is 1. The lowest BCUT2D eigenvalue weighted by Crippen LogP contribution is -2.50. The minimum atomic E-state index is 0.0314. The van der Waals surface area contributed by atoms with Gasteiger partial charge in [-0.25, -0.2) is 9.98 Å². The second kappa shape index (κ2) is 9.39. The van der Waals surface area contributed by atoms with Gasteiger partial charge in [-0.15, -0.1) is 0 Å². The van der Waals surface area contributed by atoms with Crippen molar-refractivity contribution in [3.05, 3.63) is 54.6 Å². The Morgan fingerprint density at radius 1 is 1.32 bits per heavy atom. The standard InChI is InChI=1S/C21H30N6O/c1-17-9-11-26(15-19(17)27-12-10-22-16-27)21(24-14-20(28)25(2)3)23-13-18-7-5-4-6-8-18/h4-8,10,12,16-17,19H,9,11,13-15H2,1-3H3,(H,23,24). The molecular formula is C21H30N6O. The van der Waals surface area contributed by atoms with Crippen LogP contribution >= 0.6 is 0 Å². The fourth-order valence-electron chi connectivity index (χ4n) is 3.43. The zero-order valence-electron chi connectivity index (χ0n) is 17.0. The number of carbonyl (C=O) groups is 1. The van der Waals surface area contributed by atoms with Crippen molar-refractivity contribution < 1.29 is 4.79 Å². The SMILES string of the molecule is CC1CCN(C(=NCc2ccccc2)NCC(=O)N(C)C)CC1n1ccnc1. The van der Waals surface area contributed by atoms with Crippen molar-refractivity contribution in [2.45, 2.75) is 25.9 Å². The molecule has 2 atom stereocenters. The van der Waals surface area contributed by atoms with Crippen LogP contribution in [0, 0.1) is 5.92 Å². The number of nitrogens with one attached hydrogen (secondary N) is 1. The summed E-state index contributed by atoms with van der Waals surface area (Å²) in [4.78, 5) is 25.0. The monoisotopic (exact) mass is 382 g/mol. The first-order valence-corrected chi connectivity index (χ1v) is 9.79. The molecule has 2 unspecified atom stereocenters. The normalized spacial score (nSPS) is 20.1. The smallest absolute Gasteiger partial charge is 0.241 e. The highest BCUT2D eigenvalue weighted by atomic mass is 16.2. The van der Waals surface area contributed by atoms with Gasteiger partial charge < -0.3 is 19.7 Å². The molecule has 0 saturated carbocycles. The Kier molecular flexibility index (Phi) is 6.68. The van der Waals surface area contributed by atoms with E-state index in [0.29, 0.717) is 18.5 Å². The molecule has 0 aliphatic carbocycles. The third-order valence-electron chi connectivity index (χ3n) is 5.28. The molecule has 1 fully saturated rings. The lowest BCUT2D eigenvalue weighted by Gasteiger charge is -2.39. The van der Waals surface area contributed by atoms with Gasteiger partial charge in [0.1, 0.15) is 0 Å². The number of rotatable bonds is 5. The van der Waals surface area contributed by atoms with Crippen LogP contribution in [0.3, 0.4) is 0 Å². The zero-order chi connectivity index (χ0) is 19.9. The average molecular weight is 383 g/mol. The molecule has 0 bridgehead atoms. The van der Waals surface area contributed by atoms with Crippen LogP contribution in [0.25, 0.3) is 0 Å². The molecule has 1 saturated heterocycles. The summed E-state index contributed by atoms with van der Waals surface area (Å²) in [5.41, 5.74) is 1.15. The van der Waals surface area contributed by atoms with Gasteiger partial charge in [-0.05, 0) is 17.9 Å². The molecular weight excluding hydrogens is 352 g/mol. The number of amides is 1. The van der Waals surface area contributed by atoms with E-state index in [1.54, 1.807) is 19.0 Å². The van der Waals surface area contributed by atoms with Crippen molar-refractivity contribution in [1.29, 1.82) is 0 Å². The molecule has 1 aromatic heterocycles. The summed E-state index contributed by atoms with van der Waals surface area (Å²) in [6.45, 7) is 4.87. The van der Waals surface area contributed by atoms with Crippen LogP contribution in [-0.2, 0) is 11.3 Å². The Hall–Kier alpha value is -2.83. The van der Waals surface area contributed by atoms with Gasteiger partial charge in [0.15, 0.2) is 5.96 Å². The van der Waals surface area contributed by atoms with E-state index in [-0.39, 0.29) is 12.5 Å². The maximum atomic E-state index is 12.1. The summed E-state index contributed by atoms with van der Waals surface area (Å²) in [6.07, 6.45) is 6.80. The van der Waals surface area contributed by atoms with Gasteiger partial charge in [0.25, 0.3) is 0 Å². The maximum absolute atomic E-state index is 12.1. The molecule has 1 aromatic carbocycles. The first-order chi connectivity index (χ1) is 13.5. The molecule has 1 N–H and O–H groups in total. The van der Waals surface area contributed by atoms with Crippen LogP contribution in [0.5, 0.6) is 0 Å². The first-order valence-electron chi connectivity index (χ1n) is 9.79. The van der Waals surface area contributed by atoms with Gasteiger partial charge in [-0.2, -0.15) is 0 Å². The van der Waals surface area contributed by atoms with Crippen molar-refractivity contribution in [2.75, 3.05) is 33.7 Å². The third-order valence-corrected chi connectivity index (χ3v) is 5.28. The highest BCUT2D eigenvalue weighted by molar-refractivity contribution is 5.86. The van der Waals surface area contributed by atoms with Crippen LogP contribution < -0.4 is 5.32 Å². The van der Waals surface area contributed by atoms with Gasteiger partial charge in [0.2, 0.25) is 5.91 Å². The summed E-state index contributed by atoms with van der Waals surface area (Å²) in [5, 5.41) is 3.28. The third kappa shape index (κ3) is 5.12. The van der Waals surface area contributed by atoms with E-state index in [1.165, 1.54) is 0 Å². The van der Waals surface area contributed by atoms with Crippen LogP contribution in [-0.4, -0.2) is 64.9 Å². The highest BCUT2D eigenvalue weighted by Gasteiger charge is 2.29. The number of likely N-dealkylation sites (tertiary alicyclic amines) is 1. The van der Waals surface area contributed by atoms with Crippen molar-refractivity contribution >= 4 is 11.9 Å². The van der Waals surface area contributed by atoms with Gasteiger partial charge in [0.05, 0.1) is 25.5 Å². The topological polar surface area (TPSA) is 65.8 Å². The van der Waals surface area contributed by atoms with E-state index in [2.05, 4.69) is 38.8 Å². The Labute approximate surface area is 167 Å². The summed E-state index contributed by atoms with van der Waals surface area (Å²) in [6, 6.07) is 10.5. The molecule has 150 valence electrons. The fourth-order valence-corrected chi connectivity index (χ4v) is 3.43. The molecule has 2 heterocycles. The van der Waals surface area contributed by atoms with E-state index >= 15 is 0 Å². The fraction of sp³-hybridized carbons (Fsp3) is 0.476. The molecule has 28 heavy (non-hydrogen) atoms. The number of imidazole rings is 1. The Bertz CT molecular complexity index is 771. The number of hydrogen-bond acceptors (Lipinski definition) is 3. The van der Waals surface area contributed by atoms with Gasteiger partial charge in [-0.3, -0.25) is 4.79 Å². The van der Waals surface area contributed by atoms with Gasteiger partial charge in [0, 0.05) is 39.6 Å². The first kappa shape index (κ1) is 19.9. The Morgan fingerprint density at radius 2 is 2.11 bits per heavy atom. The number of likely N-dealkylation sites (N-methyl/N-ethyl adjacent to an activating group) is 1. The van der Waals surface area contributed by atoms with Crippen molar-refractivity contribution in [3.8, 4) is 0 Å².